The normalized spacial score (nSPS) is 16.3. The molecule has 1 aromatic carbocycles. The molecule has 0 unspecified atom stereocenters. The van der Waals surface area contributed by atoms with Crippen molar-refractivity contribution < 1.29 is 4.79 Å². The highest BCUT2D eigenvalue weighted by molar-refractivity contribution is 5.99. The molecule has 1 aliphatic carbocycles. The maximum atomic E-state index is 13.0. The number of anilines is 4. The summed E-state index contributed by atoms with van der Waals surface area (Å²) < 4.78 is 0. The van der Waals surface area contributed by atoms with E-state index in [1.807, 2.05) is 19.9 Å². The Labute approximate surface area is 217 Å². The number of rotatable bonds is 7. The summed E-state index contributed by atoms with van der Waals surface area (Å²) in [7, 11) is 0. The van der Waals surface area contributed by atoms with Crippen LogP contribution in [-0.4, -0.2) is 33.4 Å². The minimum atomic E-state index is -0.751. The molecule has 0 spiro atoms. The average molecular weight is 497 g/mol. The third kappa shape index (κ3) is 5.39. The molecule has 0 bridgehead atoms. The topological polar surface area (TPSA) is 128 Å². The maximum Gasteiger partial charge on any atom is 0.256 e. The van der Waals surface area contributed by atoms with Crippen LogP contribution < -0.4 is 21.3 Å². The van der Waals surface area contributed by atoms with Crippen molar-refractivity contribution in [2.45, 2.75) is 64.0 Å². The fraction of sp³-hybridized carbons (Fsp3) is 0.393. The van der Waals surface area contributed by atoms with Crippen LogP contribution in [0, 0.1) is 11.3 Å². The molecule has 0 saturated heterocycles. The zero-order chi connectivity index (χ0) is 26.2. The van der Waals surface area contributed by atoms with E-state index in [0.717, 1.165) is 31.5 Å². The number of nitriles is 1. The molecule has 9 heteroatoms. The van der Waals surface area contributed by atoms with E-state index in [1.54, 1.807) is 24.5 Å². The first kappa shape index (κ1) is 24.7. The first-order valence-electron chi connectivity index (χ1n) is 12.6. The third-order valence-electron chi connectivity index (χ3n) is 6.88. The van der Waals surface area contributed by atoms with Crippen LogP contribution in [0.5, 0.6) is 0 Å². The molecule has 2 aromatic heterocycles. The van der Waals surface area contributed by atoms with Gasteiger partial charge >= 0.3 is 0 Å². The van der Waals surface area contributed by atoms with E-state index in [9.17, 15) is 10.1 Å². The first-order chi connectivity index (χ1) is 17.6. The van der Waals surface area contributed by atoms with Crippen LogP contribution in [0.15, 0.2) is 42.7 Å². The predicted octanol–water partition coefficient (Wildman–Crippen LogP) is 4.43. The van der Waals surface area contributed by atoms with Crippen molar-refractivity contribution >= 4 is 29.0 Å². The summed E-state index contributed by atoms with van der Waals surface area (Å²) in [5.74, 6) is 0.544. The van der Waals surface area contributed by atoms with E-state index in [1.165, 1.54) is 11.1 Å². The van der Waals surface area contributed by atoms with E-state index >= 15 is 0 Å². The van der Waals surface area contributed by atoms with Gasteiger partial charge in [-0.2, -0.15) is 10.2 Å². The van der Waals surface area contributed by atoms with Crippen LogP contribution in [0.4, 0.5) is 23.1 Å². The Kier molecular flexibility index (Phi) is 6.30. The van der Waals surface area contributed by atoms with Gasteiger partial charge < -0.3 is 21.3 Å². The van der Waals surface area contributed by atoms with Crippen LogP contribution in [0.1, 0.15) is 67.7 Å². The average Bonchev–Trinajstić information content (AvgIpc) is 3.68. The number of nitrogens with zero attached hydrogens (tertiary/aromatic N) is 4. The summed E-state index contributed by atoms with van der Waals surface area (Å²) in [4.78, 5) is 26.4. The van der Waals surface area contributed by atoms with Crippen LogP contribution in [-0.2, 0) is 17.4 Å². The zero-order valence-electron chi connectivity index (χ0n) is 21.6. The van der Waals surface area contributed by atoms with E-state index in [4.69, 9.17) is 0 Å². The Morgan fingerprint density at radius 3 is 2.68 bits per heavy atom. The summed E-state index contributed by atoms with van der Waals surface area (Å²) in [5, 5.41) is 22.6. The SMILES string of the molecule is CC(C)(C#N)c1cc(Nc2nc(Nc3ccc4c(c3)CCNC4(C)C)ncc2C(=O)NC2CC2)ccn1. The quantitative estimate of drug-likeness (QED) is 0.378. The number of carbonyl (C=O) groups excluding carboxylic acids is 1. The number of nitrogens with one attached hydrogen (secondary N) is 4. The second-order valence-electron chi connectivity index (χ2n) is 10.8. The first-order valence-corrected chi connectivity index (χ1v) is 12.6. The Morgan fingerprint density at radius 1 is 1.14 bits per heavy atom. The number of amides is 1. The highest BCUT2D eigenvalue weighted by atomic mass is 16.1. The van der Waals surface area contributed by atoms with E-state index in [-0.39, 0.29) is 17.5 Å². The molecule has 190 valence electrons. The Morgan fingerprint density at radius 2 is 1.92 bits per heavy atom. The fourth-order valence-electron chi connectivity index (χ4n) is 4.46. The van der Waals surface area contributed by atoms with Crippen molar-refractivity contribution in [2.24, 2.45) is 0 Å². The summed E-state index contributed by atoms with van der Waals surface area (Å²) in [6.07, 6.45) is 6.10. The standard InChI is InChI=1S/C28H32N8O/c1-27(2,16-29)23-14-20(10-11-30-23)33-24-21(25(37)34-18-5-6-18)15-31-26(36-24)35-19-7-8-22-17(13-19)9-12-32-28(22,3)4/h7-8,10-11,13-15,18,32H,5-6,9,12H2,1-4H3,(H,34,37)(H2,30,31,33,35,36). The molecule has 2 aliphatic rings. The van der Waals surface area contributed by atoms with Gasteiger partial charge in [-0.05, 0) is 88.9 Å². The van der Waals surface area contributed by atoms with Gasteiger partial charge in [-0.3, -0.25) is 9.78 Å². The second-order valence-corrected chi connectivity index (χ2v) is 10.8. The van der Waals surface area contributed by atoms with Crippen LogP contribution >= 0.6 is 0 Å². The van der Waals surface area contributed by atoms with Crippen molar-refractivity contribution in [1.82, 2.24) is 25.6 Å². The van der Waals surface area contributed by atoms with Crippen molar-refractivity contribution in [3.8, 4) is 6.07 Å². The molecular formula is C28H32N8O. The summed E-state index contributed by atoms with van der Waals surface area (Å²) >= 11 is 0. The molecule has 4 N–H and O–H groups in total. The van der Waals surface area contributed by atoms with Crippen molar-refractivity contribution in [2.75, 3.05) is 17.2 Å². The maximum absolute atomic E-state index is 13.0. The van der Waals surface area contributed by atoms with Gasteiger partial charge in [0.2, 0.25) is 5.95 Å². The van der Waals surface area contributed by atoms with Crippen LogP contribution in [0.2, 0.25) is 0 Å². The molecule has 0 atom stereocenters. The van der Waals surface area contributed by atoms with E-state index in [0.29, 0.717) is 28.7 Å². The molecule has 3 aromatic rings. The minimum absolute atomic E-state index is 0.0697. The molecular weight excluding hydrogens is 464 g/mol. The van der Waals surface area contributed by atoms with Gasteiger partial charge in [-0.25, -0.2) is 4.98 Å². The second kappa shape index (κ2) is 9.45. The lowest BCUT2D eigenvalue weighted by atomic mass is 9.85. The van der Waals surface area contributed by atoms with E-state index in [2.05, 4.69) is 68.3 Å². The summed E-state index contributed by atoms with van der Waals surface area (Å²) in [6, 6.07) is 12.4. The molecule has 0 radical (unpaired) electrons. The van der Waals surface area contributed by atoms with Gasteiger partial charge in [-0.15, -0.1) is 0 Å². The molecule has 5 rings (SSSR count). The minimum Gasteiger partial charge on any atom is -0.349 e. The Bertz CT molecular complexity index is 1390. The van der Waals surface area contributed by atoms with Crippen LogP contribution in [0.3, 0.4) is 0 Å². The predicted molar refractivity (Wildman–Crippen MR) is 143 cm³/mol. The highest BCUT2D eigenvalue weighted by Crippen LogP contribution is 2.31. The molecule has 1 fully saturated rings. The van der Waals surface area contributed by atoms with Crippen molar-refractivity contribution in [3.05, 3.63) is 65.1 Å². The molecule has 3 heterocycles. The summed E-state index contributed by atoms with van der Waals surface area (Å²) in [6.45, 7) is 8.93. The van der Waals surface area contributed by atoms with Crippen LogP contribution in [0.25, 0.3) is 0 Å². The Hall–Kier alpha value is -4.03. The third-order valence-corrected chi connectivity index (χ3v) is 6.88. The zero-order valence-corrected chi connectivity index (χ0v) is 21.6. The number of aromatic nitrogens is 3. The lowest BCUT2D eigenvalue weighted by molar-refractivity contribution is 0.0951. The number of hydrogen-bond acceptors (Lipinski definition) is 8. The number of hydrogen-bond donors (Lipinski definition) is 4. The number of carbonyl (C=O) groups is 1. The smallest absolute Gasteiger partial charge is 0.256 e. The number of benzene rings is 1. The molecule has 1 saturated carbocycles. The number of fused-ring (bicyclic) bond motifs is 1. The van der Waals surface area contributed by atoms with E-state index < -0.39 is 5.41 Å². The lowest BCUT2D eigenvalue weighted by Gasteiger charge is -2.34. The molecule has 9 nitrogen and oxygen atoms in total. The van der Waals surface area contributed by atoms with Gasteiger partial charge in [0.15, 0.2) is 0 Å². The van der Waals surface area contributed by atoms with Crippen molar-refractivity contribution in [1.29, 1.82) is 5.26 Å². The van der Waals surface area contributed by atoms with Gasteiger partial charge in [0.05, 0.1) is 17.2 Å². The molecule has 1 amide bonds. The molecule has 37 heavy (non-hydrogen) atoms. The van der Waals surface area contributed by atoms with Gasteiger partial charge in [-0.1, -0.05) is 6.07 Å². The van der Waals surface area contributed by atoms with Crippen molar-refractivity contribution in [3.63, 3.8) is 0 Å². The van der Waals surface area contributed by atoms with Gasteiger partial charge in [0, 0.05) is 35.3 Å². The van der Waals surface area contributed by atoms with Gasteiger partial charge in [0.1, 0.15) is 11.4 Å². The van der Waals surface area contributed by atoms with Gasteiger partial charge in [0.25, 0.3) is 5.91 Å². The molecule has 1 aliphatic heterocycles. The largest absolute Gasteiger partial charge is 0.349 e. The lowest BCUT2D eigenvalue weighted by Crippen LogP contribution is -2.42. The Balaban J connectivity index is 1.45. The summed E-state index contributed by atoms with van der Waals surface area (Å²) in [5.41, 5.74) is 4.31. The monoisotopic (exact) mass is 496 g/mol. The fourth-order valence-corrected chi connectivity index (χ4v) is 4.46. The highest BCUT2D eigenvalue weighted by Gasteiger charge is 2.28. The number of pyridine rings is 1.